The molecule has 0 unspecified atom stereocenters. The van der Waals surface area contributed by atoms with Gasteiger partial charge in [0.2, 0.25) is 5.78 Å². The average molecular weight is 167 g/mol. The van der Waals surface area contributed by atoms with Crippen LogP contribution in [0.15, 0.2) is 0 Å². The van der Waals surface area contributed by atoms with E-state index in [9.17, 15) is 18.4 Å². The number of amides is 2. The van der Waals surface area contributed by atoms with Crippen molar-refractivity contribution in [1.82, 2.24) is 5.01 Å². The van der Waals surface area contributed by atoms with Crippen LogP contribution in [-0.4, -0.2) is 29.8 Å². The molecule has 0 spiro atoms. The van der Waals surface area contributed by atoms with Gasteiger partial charge in [0.25, 0.3) is 6.43 Å². The minimum atomic E-state index is -3.12. The molecule has 0 bridgehead atoms. The van der Waals surface area contributed by atoms with Crippen molar-refractivity contribution in [3.05, 3.63) is 0 Å². The van der Waals surface area contributed by atoms with Gasteiger partial charge in [-0.05, 0) is 0 Å². The number of carbonyl (C=O) groups is 2. The number of hydrogen-bond acceptors (Lipinski definition) is 3. The number of ketones is 1. The highest BCUT2D eigenvalue weighted by molar-refractivity contribution is 5.86. The van der Waals surface area contributed by atoms with Gasteiger partial charge in [0, 0.05) is 0 Å². The molecule has 0 aliphatic carbocycles. The average Bonchev–Trinajstić information content (AvgIpc) is 1.87. The molecule has 0 fully saturated rings. The highest BCUT2D eigenvalue weighted by Gasteiger charge is 2.18. The fourth-order valence-electron chi connectivity index (χ4n) is 0.315. The number of urea groups is 1. The van der Waals surface area contributed by atoms with E-state index in [0.717, 1.165) is 0 Å². The third kappa shape index (κ3) is 3.46. The summed E-state index contributed by atoms with van der Waals surface area (Å²) in [7, 11) is 0. The van der Waals surface area contributed by atoms with E-state index in [4.69, 9.17) is 5.84 Å². The number of rotatable bonds is 3. The molecule has 64 valence electrons. The number of nitrogens with zero attached hydrogens (tertiary/aromatic N) is 1. The number of hydrazine groups is 1. The number of halogens is 2. The Bertz CT molecular complexity index is 173. The van der Waals surface area contributed by atoms with Gasteiger partial charge in [0.05, 0.1) is 0 Å². The molecule has 0 aromatic heterocycles. The molecule has 0 aromatic rings. The van der Waals surface area contributed by atoms with Crippen LogP contribution in [0.4, 0.5) is 13.6 Å². The van der Waals surface area contributed by atoms with Crippen molar-refractivity contribution in [2.24, 2.45) is 11.6 Å². The summed E-state index contributed by atoms with van der Waals surface area (Å²) < 4.78 is 22.9. The molecule has 0 radical (unpaired) electrons. The number of nitrogens with two attached hydrogens (primary N) is 2. The van der Waals surface area contributed by atoms with E-state index < -0.39 is 24.8 Å². The summed E-state index contributed by atoms with van der Waals surface area (Å²) in [6.07, 6.45) is -3.12. The van der Waals surface area contributed by atoms with E-state index in [1.54, 1.807) is 0 Å². The molecular formula is C4H7F2N3O2. The lowest BCUT2D eigenvalue weighted by atomic mass is 10.4. The van der Waals surface area contributed by atoms with Crippen molar-refractivity contribution in [1.29, 1.82) is 0 Å². The van der Waals surface area contributed by atoms with E-state index >= 15 is 0 Å². The smallest absolute Gasteiger partial charge is 0.329 e. The Morgan fingerprint density at radius 3 is 2.18 bits per heavy atom. The van der Waals surface area contributed by atoms with Gasteiger partial charge >= 0.3 is 6.03 Å². The molecule has 0 saturated heterocycles. The third-order valence-electron chi connectivity index (χ3n) is 0.853. The molecule has 4 N–H and O–H groups in total. The molecular weight excluding hydrogens is 160 g/mol. The van der Waals surface area contributed by atoms with Crippen LogP contribution >= 0.6 is 0 Å². The van der Waals surface area contributed by atoms with Crippen LogP contribution in [0, 0.1) is 0 Å². The summed E-state index contributed by atoms with van der Waals surface area (Å²) in [6.45, 7) is -0.868. The van der Waals surface area contributed by atoms with Crippen molar-refractivity contribution >= 4 is 11.8 Å². The van der Waals surface area contributed by atoms with E-state index in [0.29, 0.717) is 0 Å². The molecule has 0 aliphatic rings. The summed E-state index contributed by atoms with van der Waals surface area (Å²) in [5.41, 5.74) is 4.55. The lowest BCUT2D eigenvalue weighted by Gasteiger charge is -2.11. The number of alkyl halides is 2. The SMILES string of the molecule is NC(=O)N(N)CC(=O)C(F)F. The second-order valence-corrected chi connectivity index (χ2v) is 1.73. The lowest BCUT2D eigenvalue weighted by Crippen LogP contribution is -2.45. The van der Waals surface area contributed by atoms with Crippen molar-refractivity contribution < 1.29 is 18.4 Å². The highest BCUT2D eigenvalue weighted by Crippen LogP contribution is 1.94. The van der Waals surface area contributed by atoms with Crippen LogP contribution in [-0.2, 0) is 4.79 Å². The molecule has 0 rings (SSSR count). The first-order chi connectivity index (χ1) is 4.95. The summed E-state index contributed by atoms with van der Waals surface area (Å²) in [5, 5.41) is 0.217. The van der Waals surface area contributed by atoms with E-state index in [1.807, 2.05) is 0 Å². The van der Waals surface area contributed by atoms with Crippen LogP contribution in [0.3, 0.4) is 0 Å². The Hall–Kier alpha value is -1.24. The summed E-state index contributed by atoms with van der Waals surface area (Å²) >= 11 is 0. The van der Waals surface area contributed by atoms with Gasteiger partial charge in [0.15, 0.2) is 0 Å². The highest BCUT2D eigenvalue weighted by atomic mass is 19.3. The topological polar surface area (TPSA) is 89.4 Å². The lowest BCUT2D eigenvalue weighted by molar-refractivity contribution is -0.130. The fourth-order valence-corrected chi connectivity index (χ4v) is 0.315. The second kappa shape index (κ2) is 3.81. The summed E-state index contributed by atoms with van der Waals surface area (Å²) in [6, 6.07) is -1.13. The molecule has 0 aromatic carbocycles. The minimum absolute atomic E-state index is 0.217. The number of hydrogen-bond donors (Lipinski definition) is 2. The zero-order valence-corrected chi connectivity index (χ0v) is 5.46. The van der Waals surface area contributed by atoms with Crippen molar-refractivity contribution in [3.8, 4) is 0 Å². The number of primary amides is 1. The predicted molar refractivity (Wildman–Crippen MR) is 31.5 cm³/mol. The van der Waals surface area contributed by atoms with Crippen LogP contribution < -0.4 is 11.6 Å². The molecule has 2 amide bonds. The largest absolute Gasteiger partial charge is 0.350 e. The van der Waals surface area contributed by atoms with Gasteiger partial charge in [-0.15, -0.1) is 0 Å². The van der Waals surface area contributed by atoms with Gasteiger partial charge in [-0.25, -0.2) is 19.4 Å². The molecule has 0 saturated carbocycles. The quantitative estimate of drug-likeness (QED) is 0.323. The van der Waals surface area contributed by atoms with Crippen molar-refractivity contribution in [2.45, 2.75) is 6.43 Å². The normalized spacial score (nSPS) is 9.82. The Balaban J connectivity index is 3.85. The summed E-state index contributed by atoms with van der Waals surface area (Å²) in [4.78, 5) is 20.3. The Morgan fingerprint density at radius 2 is 1.91 bits per heavy atom. The van der Waals surface area contributed by atoms with Crippen molar-refractivity contribution in [3.63, 3.8) is 0 Å². The first kappa shape index (κ1) is 9.76. The number of Topliss-reactive ketones (excluding diaryl/α,β-unsaturated/α-hetero) is 1. The zero-order chi connectivity index (χ0) is 9.02. The maximum absolute atomic E-state index is 11.5. The van der Waals surface area contributed by atoms with E-state index in [1.165, 1.54) is 0 Å². The molecule has 0 aliphatic heterocycles. The van der Waals surface area contributed by atoms with Gasteiger partial charge < -0.3 is 5.73 Å². The third-order valence-corrected chi connectivity index (χ3v) is 0.853. The predicted octanol–water partition coefficient (Wildman–Crippen LogP) is -0.925. The maximum Gasteiger partial charge on any atom is 0.329 e. The van der Waals surface area contributed by atoms with Gasteiger partial charge in [-0.1, -0.05) is 0 Å². The zero-order valence-electron chi connectivity index (χ0n) is 5.46. The van der Waals surface area contributed by atoms with Crippen LogP contribution in [0.25, 0.3) is 0 Å². The van der Waals surface area contributed by atoms with Gasteiger partial charge in [0.1, 0.15) is 6.54 Å². The Kier molecular flexibility index (Phi) is 3.38. The van der Waals surface area contributed by atoms with Crippen LogP contribution in [0.2, 0.25) is 0 Å². The molecule has 0 atom stereocenters. The second-order valence-electron chi connectivity index (χ2n) is 1.73. The molecule has 5 nitrogen and oxygen atoms in total. The molecule has 0 heterocycles. The first-order valence-electron chi connectivity index (χ1n) is 2.57. The van der Waals surface area contributed by atoms with E-state index in [2.05, 4.69) is 5.73 Å². The Labute approximate surface area is 60.9 Å². The van der Waals surface area contributed by atoms with E-state index in [-0.39, 0.29) is 5.01 Å². The first-order valence-corrected chi connectivity index (χ1v) is 2.57. The van der Waals surface area contributed by atoms with Crippen LogP contribution in [0.5, 0.6) is 0 Å². The minimum Gasteiger partial charge on any atom is -0.350 e. The summed E-state index contributed by atoms with van der Waals surface area (Å²) in [5.74, 6) is 3.32. The monoisotopic (exact) mass is 167 g/mol. The van der Waals surface area contributed by atoms with Gasteiger partial charge in [-0.2, -0.15) is 0 Å². The Morgan fingerprint density at radius 1 is 1.45 bits per heavy atom. The molecule has 7 heteroatoms. The van der Waals surface area contributed by atoms with Gasteiger partial charge in [-0.3, -0.25) is 9.80 Å². The van der Waals surface area contributed by atoms with Crippen LogP contribution in [0.1, 0.15) is 0 Å². The van der Waals surface area contributed by atoms with Crippen molar-refractivity contribution in [2.75, 3.05) is 6.54 Å². The number of carbonyl (C=O) groups excluding carboxylic acids is 2. The fraction of sp³-hybridized carbons (Fsp3) is 0.500. The standard InChI is InChI=1S/C4H7F2N3O2/c5-3(6)2(10)1-9(8)4(7)11/h3H,1,8H2,(H2,7,11). The maximum atomic E-state index is 11.5. The molecule has 11 heavy (non-hydrogen) atoms.